The van der Waals surface area contributed by atoms with E-state index in [0.29, 0.717) is 31.7 Å². The highest BCUT2D eigenvalue weighted by atomic mass is 16.2. The summed E-state index contributed by atoms with van der Waals surface area (Å²) in [5.74, 6) is 1.63. The summed E-state index contributed by atoms with van der Waals surface area (Å²) in [7, 11) is 0. The van der Waals surface area contributed by atoms with Gasteiger partial charge in [0.1, 0.15) is 5.82 Å². The van der Waals surface area contributed by atoms with E-state index in [1.54, 1.807) is 18.3 Å². The number of rotatable bonds is 5. The second kappa shape index (κ2) is 7.75. The largest absolute Gasteiger partial charge is 0.350 e. The molecule has 1 aromatic carbocycles. The SMILES string of the molecule is Cc1nnc2c(N3CCN(C(=O)CCC(=O)c4ccccc4)CC3)nccn12. The van der Waals surface area contributed by atoms with Crippen molar-refractivity contribution in [1.29, 1.82) is 0 Å². The highest BCUT2D eigenvalue weighted by Crippen LogP contribution is 2.19. The molecule has 28 heavy (non-hydrogen) atoms. The van der Waals surface area contributed by atoms with Gasteiger partial charge in [-0.25, -0.2) is 4.98 Å². The van der Waals surface area contributed by atoms with Crippen LogP contribution in [0.4, 0.5) is 5.82 Å². The van der Waals surface area contributed by atoms with Gasteiger partial charge < -0.3 is 9.80 Å². The third-order valence-corrected chi connectivity index (χ3v) is 5.07. The molecule has 144 valence electrons. The molecule has 0 saturated carbocycles. The topological polar surface area (TPSA) is 83.7 Å². The van der Waals surface area contributed by atoms with Gasteiger partial charge in [-0.3, -0.25) is 14.0 Å². The molecular formula is C20H22N6O2. The average molecular weight is 378 g/mol. The first kappa shape index (κ1) is 18.1. The van der Waals surface area contributed by atoms with E-state index < -0.39 is 0 Å². The fourth-order valence-corrected chi connectivity index (χ4v) is 3.47. The Bertz CT molecular complexity index is 992. The number of Topliss-reactive ketones (excluding diaryl/α,β-unsaturated/α-hetero) is 1. The highest BCUT2D eigenvalue weighted by Gasteiger charge is 2.24. The highest BCUT2D eigenvalue weighted by molar-refractivity contribution is 5.97. The molecule has 0 aliphatic carbocycles. The second-order valence-electron chi connectivity index (χ2n) is 6.85. The molecule has 1 saturated heterocycles. The molecule has 8 nitrogen and oxygen atoms in total. The van der Waals surface area contributed by atoms with Crippen LogP contribution in [0.1, 0.15) is 29.0 Å². The molecule has 1 aliphatic rings. The van der Waals surface area contributed by atoms with Crippen LogP contribution in [-0.4, -0.2) is 62.4 Å². The van der Waals surface area contributed by atoms with Gasteiger partial charge in [0.2, 0.25) is 11.6 Å². The molecule has 0 bridgehead atoms. The molecule has 8 heteroatoms. The molecule has 0 N–H and O–H groups in total. The minimum atomic E-state index is 0.00522. The zero-order valence-corrected chi connectivity index (χ0v) is 15.8. The number of ketones is 1. The van der Waals surface area contributed by atoms with Crippen LogP contribution in [0.3, 0.4) is 0 Å². The van der Waals surface area contributed by atoms with Crippen molar-refractivity contribution in [2.24, 2.45) is 0 Å². The normalized spacial score (nSPS) is 14.5. The summed E-state index contributed by atoms with van der Waals surface area (Å²) in [6, 6.07) is 9.11. The summed E-state index contributed by atoms with van der Waals surface area (Å²) in [5.41, 5.74) is 1.39. The first-order valence-electron chi connectivity index (χ1n) is 9.41. The number of aromatic nitrogens is 4. The summed E-state index contributed by atoms with van der Waals surface area (Å²) in [6.45, 7) is 4.47. The van der Waals surface area contributed by atoms with Crippen LogP contribution in [0.5, 0.6) is 0 Å². The van der Waals surface area contributed by atoms with Crippen molar-refractivity contribution in [1.82, 2.24) is 24.5 Å². The van der Waals surface area contributed by atoms with Gasteiger partial charge in [0.25, 0.3) is 0 Å². The predicted molar refractivity (Wildman–Crippen MR) is 104 cm³/mol. The lowest BCUT2D eigenvalue weighted by Crippen LogP contribution is -2.49. The second-order valence-corrected chi connectivity index (χ2v) is 6.85. The van der Waals surface area contributed by atoms with Crippen molar-refractivity contribution in [2.45, 2.75) is 19.8 Å². The Hall–Kier alpha value is -3.29. The maximum absolute atomic E-state index is 12.5. The third-order valence-electron chi connectivity index (χ3n) is 5.07. The number of anilines is 1. The van der Waals surface area contributed by atoms with Gasteiger partial charge in [-0.15, -0.1) is 10.2 Å². The number of benzene rings is 1. The molecule has 0 atom stereocenters. The fraction of sp³-hybridized carbons (Fsp3) is 0.350. The molecule has 2 aromatic heterocycles. The number of piperazine rings is 1. The number of amides is 1. The van der Waals surface area contributed by atoms with Crippen LogP contribution < -0.4 is 4.90 Å². The summed E-state index contributed by atoms with van der Waals surface area (Å²) >= 11 is 0. The number of carbonyl (C=O) groups excluding carboxylic acids is 2. The van der Waals surface area contributed by atoms with Crippen LogP contribution in [0.15, 0.2) is 42.7 Å². The summed E-state index contributed by atoms with van der Waals surface area (Å²) in [5, 5.41) is 8.33. The van der Waals surface area contributed by atoms with Gasteiger partial charge in [0, 0.05) is 57.0 Å². The van der Waals surface area contributed by atoms with E-state index in [-0.39, 0.29) is 24.5 Å². The Morgan fingerprint density at radius 1 is 1.00 bits per heavy atom. The van der Waals surface area contributed by atoms with Gasteiger partial charge in [0.05, 0.1) is 0 Å². The van der Waals surface area contributed by atoms with Crippen molar-refractivity contribution in [3.05, 3.63) is 54.1 Å². The third kappa shape index (κ3) is 3.58. The van der Waals surface area contributed by atoms with E-state index in [1.807, 2.05) is 40.6 Å². The Morgan fingerprint density at radius 3 is 2.50 bits per heavy atom. The zero-order chi connectivity index (χ0) is 19.5. The van der Waals surface area contributed by atoms with E-state index in [0.717, 1.165) is 17.3 Å². The van der Waals surface area contributed by atoms with E-state index in [2.05, 4.69) is 20.1 Å². The zero-order valence-electron chi connectivity index (χ0n) is 15.8. The first-order valence-corrected chi connectivity index (χ1v) is 9.41. The fourth-order valence-electron chi connectivity index (χ4n) is 3.47. The molecule has 0 spiro atoms. The van der Waals surface area contributed by atoms with Crippen molar-refractivity contribution < 1.29 is 9.59 Å². The molecule has 3 aromatic rings. The molecular weight excluding hydrogens is 356 g/mol. The molecule has 3 heterocycles. The lowest BCUT2D eigenvalue weighted by molar-refractivity contribution is -0.131. The summed E-state index contributed by atoms with van der Waals surface area (Å²) in [4.78, 5) is 33.1. The minimum Gasteiger partial charge on any atom is -0.350 e. The maximum Gasteiger partial charge on any atom is 0.223 e. The standard InChI is InChI=1S/C20H22N6O2/c1-15-22-23-20-19(21-9-10-26(15)20)25-13-11-24(12-14-25)18(28)8-7-17(27)16-5-3-2-4-6-16/h2-6,9-10H,7-8,11-14H2,1H3. The lowest BCUT2D eigenvalue weighted by atomic mass is 10.1. The number of carbonyl (C=O) groups is 2. The molecule has 1 amide bonds. The van der Waals surface area contributed by atoms with Crippen molar-refractivity contribution in [3.63, 3.8) is 0 Å². The first-order chi connectivity index (χ1) is 13.6. The van der Waals surface area contributed by atoms with E-state index >= 15 is 0 Å². The van der Waals surface area contributed by atoms with Crippen LogP contribution in [-0.2, 0) is 4.79 Å². The molecule has 4 rings (SSSR count). The predicted octanol–water partition coefficient (Wildman–Crippen LogP) is 1.74. The van der Waals surface area contributed by atoms with Gasteiger partial charge in [-0.05, 0) is 6.92 Å². The number of hydrogen-bond donors (Lipinski definition) is 0. The molecule has 1 aliphatic heterocycles. The summed E-state index contributed by atoms with van der Waals surface area (Å²) in [6.07, 6.45) is 4.07. The van der Waals surface area contributed by atoms with Gasteiger partial charge in [-0.1, -0.05) is 30.3 Å². The van der Waals surface area contributed by atoms with Crippen LogP contribution in [0, 0.1) is 6.92 Å². The van der Waals surface area contributed by atoms with Crippen molar-refractivity contribution >= 4 is 23.2 Å². The van der Waals surface area contributed by atoms with E-state index in [4.69, 9.17) is 0 Å². The summed E-state index contributed by atoms with van der Waals surface area (Å²) < 4.78 is 1.91. The van der Waals surface area contributed by atoms with Crippen molar-refractivity contribution in [3.8, 4) is 0 Å². The van der Waals surface area contributed by atoms with Gasteiger partial charge in [-0.2, -0.15) is 0 Å². The molecule has 0 radical (unpaired) electrons. The Kier molecular flexibility index (Phi) is 5.01. The monoisotopic (exact) mass is 378 g/mol. The Morgan fingerprint density at radius 2 is 1.75 bits per heavy atom. The van der Waals surface area contributed by atoms with Gasteiger partial charge >= 0.3 is 0 Å². The van der Waals surface area contributed by atoms with Crippen LogP contribution >= 0.6 is 0 Å². The smallest absolute Gasteiger partial charge is 0.223 e. The number of aryl methyl sites for hydroxylation is 1. The van der Waals surface area contributed by atoms with E-state index in [9.17, 15) is 9.59 Å². The quantitative estimate of drug-likeness (QED) is 0.629. The average Bonchev–Trinajstić information content (AvgIpc) is 3.13. The Labute approximate surface area is 162 Å². The number of fused-ring (bicyclic) bond motifs is 1. The number of nitrogens with zero attached hydrogens (tertiary/aromatic N) is 6. The molecule has 0 unspecified atom stereocenters. The Balaban J connectivity index is 1.33. The van der Waals surface area contributed by atoms with Gasteiger partial charge in [0.15, 0.2) is 11.6 Å². The van der Waals surface area contributed by atoms with Crippen LogP contribution in [0.25, 0.3) is 5.65 Å². The van der Waals surface area contributed by atoms with Crippen LogP contribution in [0.2, 0.25) is 0 Å². The molecule has 1 fully saturated rings. The van der Waals surface area contributed by atoms with Crippen molar-refractivity contribution in [2.75, 3.05) is 31.1 Å². The lowest BCUT2D eigenvalue weighted by Gasteiger charge is -2.35. The number of hydrogen-bond acceptors (Lipinski definition) is 6. The maximum atomic E-state index is 12.5. The minimum absolute atomic E-state index is 0.00522. The van der Waals surface area contributed by atoms with E-state index in [1.165, 1.54) is 0 Å².